The number of unbranched alkanes of at least 4 members (excludes halogenated alkanes) is 5. The van der Waals surface area contributed by atoms with Gasteiger partial charge in [-0.25, -0.2) is 0 Å². The van der Waals surface area contributed by atoms with E-state index in [2.05, 4.69) is 34.3 Å². The van der Waals surface area contributed by atoms with Crippen molar-refractivity contribution in [2.24, 2.45) is 5.92 Å². The Bertz CT molecular complexity index is 267. The highest BCUT2D eigenvalue weighted by Crippen LogP contribution is 2.10. The van der Waals surface area contributed by atoms with Gasteiger partial charge in [-0.2, -0.15) is 0 Å². The summed E-state index contributed by atoms with van der Waals surface area (Å²) in [5.41, 5.74) is -0.568. The number of rotatable bonds is 12. The van der Waals surface area contributed by atoms with Gasteiger partial charge in [-0.05, 0) is 46.0 Å². The van der Waals surface area contributed by atoms with Crippen LogP contribution in [0.4, 0.5) is 0 Å². The first kappa shape index (κ1) is 30.4. The molecule has 0 saturated carbocycles. The van der Waals surface area contributed by atoms with Crippen molar-refractivity contribution in [2.45, 2.75) is 130 Å². The van der Waals surface area contributed by atoms with Crippen LogP contribution in [0.25, 0.3) is 0 Å². The minimum absolute atomic E-state index is 0.0773. The highest BCUT2D eigenvalue weighted by molar-refractivity contribution is 4.77. The predicted molar refractivity (Wildman–Crippen MR) is 117 cm³/mol. The average Bonchev–Trinajstić information content (AvgIpc) is 2.51. The lowest BCUT2D eigenvalue weighted by atomic mass is 10.0. The van der Waals surface area contributed by atoms with Gasteiger partial charge in [0.2, 0.25) is 0 Å². The second-order valence-electron chi connectivity index (χ2n) is 8.31. The second-order valence-corrected chi connectivity index (χ2v) is 8.31. The van der Waals surface area contributed by atoms with Crippen LogP contribution in [0, 0.1) is 5.92 Å². The van der Waals surface area contributed by atoms with E-state index in [1.54, 1.807) is 19.9 Å². The molecular formula is C23H50O3. The van der Waals surface area contributed by atoms with E-state index in [0.29, 0.717) is 12.3 Å². The molecule has 3 nitrogen and oxygen atoms in total. The maximum absolute atomic E-state index is 9.35. The summed E-state index contributed by atoms with van der Waals surface area (Å²) in [6.07, 6.45) is 12.9. The molecule has 2 atom stereocenters. The molecule has 0 saturated heterocycles. The van der Waals surface area contributed by atoms with Crippen LogP contribution in [-0.2, 0) is 0 Å². The highest BCUT2D eigenvalue weighted by atomic mass is 16.3. The van der Waals surface area contributed by atoms with Crippen molar-refractivity contribution in [2.75, 3.05) is 0 Å². The van der Waals surface area contributed by atoms with Crippen LogP contribution in [0.15, 0.2) is 12.7 Å². The van der Waals surface area contributed by atoms with Gasteiger partial charge < -0.3 is 15.3 Å². The lowest BCUT2D eigenvalue weighted by Crippen LogP contribution is -2.16. The van der Waals surface area contributed by atoms with Gasteiger partial charge >= 0.3 is 0 Å². The fraction of sp³-hybridized carbons (Fsp3) is 0.913. The summed E-state index contributed by atoms with van der Waals surface area (Å²) in [6, 6.07) is 0. The molecule has 0 heterocycles. The lowest BCUT2D eigenvalue weighted by Gasteiger charge is -2.13. The first-order valence-electron chi connectivity index (χ1n) is 10.7. The van der Waals surface area contributed by atoms with Crippen LogP contribution in [-0.4, -0.2) is 33.1 Å². The van der Waals surface area contributed by atoms with E-state index in [9.17, 15) is 5.11 Å². The Morgan fingerprint density at radius 3 is 1.62 bits per heavy atom. The Balaban J connectivity index is -0.000000310. The van der Waals surface area contributed by atoms with E-state index >= 15 is 0 Å². The quantitative estimate of drug-likeness (QED) is 0.279. The Labute approximate surface area is 164 Å². The van der Waals surface area contributed by atoms with Gasteiger partial charge in [0, 0.05) is 0 Å². The largest absolute Gasteiger partial charge is 0.393 e. The van der Waals surface area contributed by atoms with Gasteiger partial charge in [0.05, 0.1) is 17.8 Å². The molecule has 0 spiro atoms. The Morgan fingerprint density at radius 1 is 0.846 bits per heavy atom. The molecule has 0 aliphatic heterocycles. The van der Waals surface area contributed by atoms with Crippen LogP contribution in [0.1, 0.15) is 113 Å². The number of hydrogen-bond acceptors (Lipinski definition) is 3. The van der Waals surface area contributed by atoms with E-state index in [0.717, 1.165) is 12.8 Å². The molecule has 0 radical (unpaired) electrons. The third-order valence-electron chi connectivity index (χ3n) is 3.99. The molecule has 0 aliphatic carbocycles. The van der Waals surface area contributed by atoms with E-state index < -0.39 is 5.60 Å². The van der Waals surface area contributed by atoms with Gasteiger partial charge in [0.15, 0.2) is 0 Å². The van der Waals surface area contributed by atoms with Crippen molar-refractivity contribution in [3.05, 3.63) is 12.7 Å². The molecule has 2 unspecified atom stereocenters. The van der Waals surface area contributed by atoms with Crippen molar-refractivity contribution in [3.8, 4) is 0 Å². The van der Waals surface area contributed by atoms with Crippen molar-refractivity contribution in [1.82, 2.24) is 0 Å². The summed E-state index contributed by atoms with van der Waals surface area (Å²) in [7, 11) is 0. The van der Waals surface area contributed by atoms with Gasteiger partial charge in [0.1, 0.15) is 0 Å². The molecule has 160 valence electrons. The fourth-order valence-corrected chi connectivity index (χ4v) is 2.16. The molecule has 26 heavy (non-hydrogen) atoms. The zero-order valence-electron chi connectivity index (χ0n) is 18.9. The Morgan fingerprint density at radius 2 is 1.31 bits per heavy atom. The summed E-state index contributed by atoms with van der Waals surface area (Å²) in [5.74, 6) is 0.428. The lowest BCUT2D eigenvalue weighted by molar-refractivity contribution is 0.0840. The molecule has 0 amide bonds. The van der Waals surface area contributed by atoms with Gasteiger partial charge in [-0.1, -0.05) is 78.7 Å². The topological polar surface area (TPSA) is 60.7 Å². The normalized spacial score (nSPS) is 13.2. The number of aliphatic hydroxyl groups excluding tert-OH is 2. The molecule has 0 aromatic carbocycles. The second kappa shape index (κ2) is 20.9. The summed E-state index contributed by atoms with van der Waals surface area (Å²) < 4.78 is 0. The first-order valence-corrected chi connectivity index (χ1v) is 10.7. The SMILES string of the molecule is C=CCC(C)(C)O.CCCCCC(O)C(C)C.CCCCCCC(C)O. The van der Waals surface area contributed by atoms with Crippen molar-refractivity contribution < 1.29 is 15.3 Å². The fourth-order valence-electron chi connectivity index (χ4n) is 2.16. The monoisotopic (exact) mass is 374 g/mol. The number of hydrogen-bond donors (Lipinski definition) is 3. The first-order chi connectivity index (χ1) is 12.0. The van der Waals surface area contributed by atoms with E-state index in [-0.39, 0.29) is 12.2 Å². The van der Waals surface area contributed by atoms with E-state index in [1.165, 1.54) is 44.9 Å². The van der Waals surface area contributed by atoms with Crippen molar-refractivity contribution in [3.63, 3.8) is 0 Å². The number of aliphatic hydroxyl groups is 3. The minimum atomic E-state index is -0.568. The highest BCUT2D eigenvalue weighted by Gasteiger charge is 2.07. The van der Waals surface area contributed by atoms with E-state index in [1.807, 2.05) is 6.92 Å². The van der Waals surface area contributed by atoms with Gasteiger partial charge in [-0.15, -0.1) is 6.58 Å². The maximum atomic E-state index is 9.35. The molecule has 0 aliphatic rings. The summed E-state index contributed by atoms with van der Waals surface area (Å²) in [6.45, 7) is 17.4. The molecule has 0 fully saturated rings. The zero-order valence-corrected chi connectivity index (χ0v) is 18.9. The summed E-state index contributed by atoms with van der Waals surface area (Å²) in [4.78, 5) is 0. The third-order valence-corrected chi connectivity index (χ3v) is 3.99. The minimum Gasteiger partial charge on any atom is -0.393 e. The predicted octanol–water partition coefficient (Wildman–Crippen LogP) is 6.25. The molecule has 0 aromatic rings. The van der Waals surface area contributed by atoms with Gasteiger partial charge in [-0.3, -0.25) is 0 Å². The summed E-state index contributed by atoms with van der Waals surface area (Å²) >= 11 is 0. The van der Waals surface area contributed by atoms with Crippen LogP contribution in [0.5, 0.6) is 0 Å². The van der Waals surface area contributed by atoms with Crippen LogP contribution in [0.3, 0.4) is 0 Å². The standard InChI is InChI=1S/C9H20O.C8H18O.C6H12O/c1-4-5-6-7-9(10)8(2)3;1-3-4-5-6-7-8(2)9;1-4-5-6(2,3)7/h8-10H,4-7H2,1-3H3;8-9H,3-7H2,1-2H3;4,7H,1,5H2,2-3H3. The zero-order chi connectivity index (χ0) is 21.0. The Kier molecular flexibility index (Phi) is 24.4. The van der Waals surface area contributed by atoms with Crippen molar-refractivity contribution >= 4 is 0 Å². The van der Waals surface area contributed by atoms with Crippen LogP contribution in [0.2, 0.25) is 0 Å². The molecule has 3 heteroatoms. The Hall–Kier alpha value is -0.380. The molecule has 0 bridgehead atoms. The van der Waals surface area contributed by atoms with Crippen molar-refractivity contribution in [1.29, 1.82) is 0 Å². The molecule has 0 rings (SSSR count). The summed E-state index contributed by atoms with van der Waals surface area (Å²) in [5, 5.41) is 27.2. The third kappa shape index (κ3) is 34.9. The maximum Gasteiger partial charge on any atom is 0.0625 e. The molecule has 0 aromatic heterocycles. The van der Waals surface area contributed by atoms with Crippen LogP contribution >= 0.6 is 0 Å². The molecular weight excluding hydrogens is 324 g/mol. The molecule has 3 N–H and O–H groups in total. The van der Waals surface area contributed by atoms with E-state index in [4.69, 9.17) is 10.2 Å². The smallest absolute Gasteiger partial charge is 0.0625 e. The van der Waals surface area contributed by atoms with Crippen LogP contribution < -0.4 is 0 Å². The van der Waals surface area contributed by atoms with Gasteiger partial charge in [0.25, 0.3) is 0 Å². The average molecular weight is 375 g/mol.